The largest absolute Gasteiger partial charge is 0.387 e. The third kappa shape index (κ3) is 5.46. The van der Waals surface area contributed by atoms with Crippen molar-refractivity contribution in [2.24, 2.45) is 0 Å². The number of rotatable bonds is 2. The van der Waals surface area contributed by atoms with E-state index in [0.29, 0.717) is 0 Å². The molecule has 3 fully saturated rings. The first-order valence-corrected chi connectivity index (χ1v) is 19.6. The molecule has 0 aliphatic carbocycles. The number of alkyl halides is 1. The smallest absolute Gasteiger partial charge is 0.386 e. The van der Waals surface area contributed by atoms with Crippen LogP contribution in [0.25, 0.3) is 28.1 Å². The quantitative estimate of drug-likeness (QED) is 0.127. The van der Waals surface area contributed by atoms with Crippen molar-refractivity contribution in [1.29, 1.82) is 0 Å². The minimum atomic E-state index is -4.42. The highest BCUT2D eigenvalue weighted by atomic mass is 32.7. The number of aliphatic hydroxyl groups excluding tert-OH is 1. The summed E-state index contributed by atoms with van der Waals surface area (Å²) in [7, 11) is 0. The number of aromatic amines is 1. The van der Waals surface area contributed by atoms with Gasteiger partial charge in [-0.1, -0.05) is 24.5 Å². The van der Waals surface area contributed by atoms with E-state index in [4.69, 9.17) is 33.3 Å². The highest BCUT2D eigenvalue weighted by Gasteiger charge is 2.53. The van der Waals surface area contributed by atoms with Crippen molar-refractivity contribution < 1.29 is 46.2 Å². The second-order valence-electron chi connectivity index (χ2n) is 11.0. The van der Waals surface area contributed by atoms with Gasteiger partial charge in [0, 0.05) is 18.8 Å². The molecule has 25 heteroatoms. The Morgan fingerprint density at radius 3 is 2.52 bits per heavy atom. The van der Waals surface area contributed by atoms with Crippen LogP contribution in [0.3, 0.4) is 0 Å². The molecule has 10 atom stereocenters. The van der Waals surface area contributed by atoms with Gasteiger partial charge in [0.1, 0.15) is 36.3 Å². The molecule has 5 aromatic heterocycles. The zero-order valence-corrected chi connectivity index (χ0v) is 27.6. The Balaban J connectivity index is 1.13. The number of ether oxygens (including phenoxy) is 2. The third-order valence-corrected chi connectivity index (χ3v) is 11.4. The Morgan fingerprint density at radius 1 is 0.958 bits per heavy atom. The zero-order valence-electron chi connectivity index (χ0n) is 24.1. The maximum Gasteiger partial charge on any atom is 0.386 e. The number of nitrogens with one attached hydrogen (secondary N) is 1. The van der Waals surface area contributed by atoms with Crippen molar-refractivity contribution in [1.82, 2.24) is 43.4 Å². The van der Waals surface area contributed by atoms with Crippen molar-refractivity contribution in [3.63, 3.8) is 0 Å². The molecule has 20 nitrogen and oxygen atoms in total. The van der Waals surface area contributed by atoms with Crippen LogP contribution in [0.4, 0.5) is 10.2 Å². The molecule has 4 N–H and O–H groups in total. The summed E-state index contributed by atoms with van der Waals surface area (Å²) in [6.07, 6.45) is -5.03. The molecule has 8 heterocycles. The SMILES string of the molecule is Nc1ncnc2c1ncn2[C@@H]1O[C@@H]2CO[P@@](=O)(S)O[C@@H]3[C@H](O)[C@@H](CCO[P@](=O)(S)O[C@H]2[C@H]1F)O[C@H]3n1cnc2c(=O)[nH]c3nccn3c21. The van der Waals surface area contributed by atoms with Crippen LogP contribution in [0.5, 0.6) is 0 Å². The maximum atomic E-state index is 16.1. The molecule has 0 spiro atoms. The second-order valence-corrected chi connectivity index (χ2v) is 16.8. The fourth-order valence-electron chi connectivity index (χ4n) is 6.02. The Morgan fingerprint density at radius 2 is 1.69 bits per heavy atom. The van der Waals surface area contributed by atoms with Crippen LogP contribution in [0, 0.1) is 0 Å². The summed E-state index contributed by atoms with van der Waals surface area (Å²) in [5.74, 6) is 0.256. The van der Waals surface area contributed by atoms with Crippen LogP contribution in [0.15, 0.2) is 36.2 Å². The van der Waals surface area contributed by atoms with Crippen LogP contribution >= 0.6 is 38.1 Å². The van der Waals surface area contributed by atoms with Crippen molar-refractivity contribution in [3.8, 4) is 0 Å². The molecule has 0 unspecified atom stereocenters. The lowest BCUT2D eigenvalue weighted by Crippen LogP contribution is -2.36. The molecule has 3 saturated heterocycles. The van der Waals surface area contributed by atoms with Crippen molar-refractivity contribution in [3.05, 3.63) is 41.7 Å². The molecule has 0 amide bonds. The van der Waals surface area contributed by atoms with Gasteiger partial charge in [-0.25, -0.2) is 38.4 Å². The average molecular weight is 747 g/mol. The predicted molar refractivity (Wildman–Crippen MR) is 167 cm³/mol. The number of H-pyrrole nitrogens is 1. The molecule has 0 radical (unpaired) electrons. The fraction of sp³-hybridized carbons (Fsp3) is 0.478. The zero-order chi connectivity index (χ0) is 33.5. The topological polar surface area (TPSA) is 247 Å². The van der Waals surface area contributed by atoms with Crippen molar-refractivity contribution >= 4 is 72.0 Å². The molecular weight excluding hydrogens is 721 g/mol. The number of halogens is 1. The molecule has 2 bridgehead atoms. The number of nitrogens with zero attached hydrogens (tertiary/aromatic N) is 8. The number of aliphatic hydroxyl groups is 1. The Kier molecular flexibility index (Phi) is 7.96. The summed E-state index contributed by atoms with van der Waals surface area (Å²) in [4.78, 5) is 35.7. The third-order valence-electron chi connectivity index (χ3n) is 8.16. The fourth-order valence-corrected chi connectivity index (χ4v) is 9.00. The van der Waals surface area contributed by atoms with Gasteiger partial charge >= 0.3 is 13.6 Å². The minimum absolute atomic E-state index is 0.0213. The van der Waals surface area contributed by atoms with Crippen LogP contribution < -0.4 is 11.3 Å². The number of hydrogen-bond donors (Lipinski definition) is 5. The van der Waals surface area contributed by atoms with Crippen molar-refractivity contribution in [2.45, 2.75) is 55.6 Å². The van der Waals surface area contributed by atoms with Gasteiger partial charge in [0.25, 0.3) is 5.56 Å². The lowest BCUT2D eigenvalue weighted by molar-refractivity contribution is -0.0465. The number of nitrogen functional groups attached to an aromatic ring is 1. The number of nitrogens with two attached hydrogens (primary N) is 1. The van der Waals surface area contributed by atoms with Crippen molar-refractivity contribution in [2.75, 3.05) is 18.9 Å². The summed E-state index contributed by atoms with van der Waals surface area (Å²) in [5.41, 5.74) is 5.92. The first-order chi connectivity index (χ1) is 22.9. The summed E-state index contributed by atoms with van der Waals surface area (Å²) >= 11 is 8.16. The molecular formula is C23H25FN10O10P2S2. The molecule has 0 aromatic carbocycles. The molecule has 5 aromatic rings. The van der Waals surface area contributed by atoms with E-state index in [1.165, 1.54) is 38.7 Å². The Hall–Kier alpha value is -2.95. The van der Waals surface area contributed by atoms with Gasteiger partial charge in [0.05, 0.1) is 32.0 Å². The van der Waals surface area contributed by atoms with E-state index < -0.39 is 74.9 Å². The molecule has 3 aliphatic heterocycles. The molecule has 256 valence electrons. The highest BCUT2D eigenvalue weighted by molar-refractivity contribution is 8.44. The van der Waals surface area contributed by atoms with Crippen LogP contribution in [-0.4, -0.2) is 98.5 Å². The molecule has 3 aliphatic rings. The highest BCUT2D eigenvalue weighted by Crippen LogP contribution is 2.60. The van der Waals surface area contributed by atoms with Gasteiger partial charge in [-0.2, -0.15) is 0 Å². The summed E-state index contributed by atoms with van der Waals surface area (Å²) in [5, 5.41) is 11.3. The maximum absolute atomic E-state index is 16.1. The number of imidazole rings is 3. The minimum Gasteiger partial charge on any atom is -0.387 e. The number of fused-ring (bicyclic) bond motifs is 7. The normalized spacial score (nSPS) is 36.5. The number of hydrogen-bond acceptors (Lipinski definition) is 16. The first kappa shape index (κ1) is 32.3. The van der Waals surface area contributed by atoms with E-state index in [2.05, 4.69) is 54.4 Å². The van der Waals surface area contributed by atoms with Crippen LogP contribution in [0.1, 0.15) is 18.9 Å². The number of aromatic nitrogens is 9. The van der Waals surface area contributed by atoms with Crippen LogP contribution in [0.2, 0.25) is 0 Å². The Labute approximate surface area is 277 Å². The van der Waals surface area contributed by atoms with E-state index >= 15 is 4.39 Å². The van der Waals surface area contributed by atoms with Gasteiger partial charge in [-0.05, 0) is 0 Å². The second kappa shape index (κ2) is 11.8. The average Bonchev–Trinajstić information content (AvgIpc) is 3.85. The molecule has 0 saturated carbocycles. The van der Waals surface area contributed by atoms with E-state index in [1.54, 1.807) is 6.20 Å². The lowest BCUT2D eigenvalue weighted by Gasteiger charge is -2.27. The van der Waals surface area contributed by atoms with Gasteiger partial charge in [-0.3, -0.25) is 36.9 Å². The van der Waals surface area contributed by atoms with Crippen LogP contribution in [-0.2, 0) is 36.7 Å². The first-order valence-electron chi connectivity index (χ1n) is 14.2. The lowest BCUT2D eigenvalue weighted by atomic mass is 10.1. The Bertz CT molecular complexity index is 2200. The van der Waals surface area contributed by atoms with E-state index in [-0.39, 0.29) is 47.0 Å². The summed E-state index contributed by atoms with van der Waals surface area (Å²) in [6, 6.07) is 0. The van der Waals surface area contributed by atoms with E-state index in [9.17, 15) is 19.0 Å². The number of anilines is 1. The van der Waals surface area contributed by atoms with E-state index in [0.717, 1.165) is 0 Å². The standard InChI is InChI=1S/C23H25FN10O10P2S2/c24-11-15-10(42-21(11)33-7-29-12-17(25)27-6-28-18(12)33)5-40-46(38,48)44-16-14(35)9(1-4-39-45(37,47)43-15)41-22(16)34-8-30-13-19(36)31-23-26-2-3-32(23)20(13)34/h2-3,6-11,14-16,21-22,35H,1,4-5H2,(H,37,47)(H,38,48)(H2,25,27,28)(H,26,31,36)/t9-,10-,11-,14-,15-,16-,21-,22-,45+,46-/m1/s1. The van der Waals surface area contributed by atoms with Gasteiger partial charge < -0.3 is 24.8 Å². The van der Waals surface area contributed by atoms with Gasteiger partial charge in [0.2, 0.25) is 5.78 Å². The number of thiol groups is 2. The van der Waals surface area contributed by atoms with E-state index in [1.807, 2.05) is 0 Å². The summed E-state index contributed by atoms with van der Waals surface area (Å²) < 4.78 is 81.7. The molecule has 48 heavy (non-hydrogen) atoms. The predicted octanol–water partition coefficient (Wildman–Crippen LogP) is 1.57. The van der Waals surface area contributed by atoms with Gasteiger partial charge in [0.15, 0.2) is 41.3 Å². The van der Waals surface area contributed by atoms with Gasteiger partial charge in [-0.15, -0.1) is 0 Å². The monoisotopic (exact) mass is 746 g/mol. The summed E-state index contributed by atoms with van der Waals surface area (Å²) in [6.45, 7) is -9.71. The molecule has 8 rings (SSSR count).